The second kappa shape index (κ2) is 4.10. The van der Waals surface area contributed by atoms with Crippen molar-refractivity contribution in [2.24, 2.45) is 0 Å². The van der Waals surface area contributed by atoms with E-state index < -0.39 is 15.3 Å². The Labute approximate surface area is 83.1 Å². The van der Waals surface area contributed by atoms with Crippen LogP contribution in [-0.4, -0.2) is 28.9 Å². The smallest absolute Gasteiger partial charge is 0.237 e. The molecule has 2 N–H and O–H groups in total. The third kappa shape index (κ3) is 2.13. The van der Waals surface area contributed by atoms with E-state index in [1.807, 2.05) is 6.92 Å². The quantitative estimate of drug-likeness (QED) is 0.769. The molecule has 1 aromatic heterocycles. The number of imidazole rings is 1. The van der Waals surface area contributed by atoms with Crippen molar-refractivity contribution in [1.29, 1.82) is 0 Å². The number of H-pyrrole nitrogens is 1. The number of hydrogen-bond acceptors (Lipinski definition) is 4. The van der Waals surface area contributed by atoms with Gasteiger partial charge in [-0.25, -0.2) is 13.4 Å². The first-order valence-electron chi connectivity index (χ1n) is 4.44. The lowest BCUT2D eigenvalue weighted by molar-refractivity contribution is 0.267. The Hall–Kier alpha value is -0.880. The summed E-state index contributed by atoms with van der Waals surface area (Å²) in [5.41, 5.74) is -0.658. The highest BCUT2D eigenvalue weighted by molar-refractivity contribution is 7.91. The number of rotatable bonds is 4. The zero-order valence-electron chi connectivity index (χ0n) is 8.19. The van der Waals surface area contributed by atoms with Crippen molar-refractivity contribution in [2.75, 3.05) is 0 Å². The van der Waals surface area contributed by atoms with Gasteiger partial charge in [-0.2, -0.15) is 0 Å². The summed E-state index contributed by atoms with van der Waals surface area (Å²) in [5.74, 6) is 0. The number of sulfone groups is 1. The third-order valence-electron chi connectivity index (χ3n) is 1.84. The molecule has 1 rings (SSSR count). The first-order valence-corrected chi connectivity index (χ1v) is 5.99. The summed E-state index contributed by atoms with van der Waals surface area (Å²) in [6.07, 6.45) is 3.15. The Morgan fingerprint density at radius 3 is 2.79 bits per heavy atom. The molecule has 6 heteroatoms. The molecular weight excluding hydrogens is 204 g/mol. The van der Waals surface area contributed by atoms with Gasteiger partial charge in [0.15, 0.2) is 5.44 Å². The number of nitrogens with one attached hydrogen (secondary N) is 1. The summed E-state index contributed by atoms with van der Waals surface area (Å²) in [7, 11) is -3.69. The third-order valence-corrected chi connectivity index (χ3v) is 3.49. The van der Waals surface area contributed by atoms with E-state index in [2.05, 4.69) is 9.97 Å². The Balaban J connectivity index is 2.98. The van der Waals surface area contributed by atoms with Gasteiger partial charge in [-0.05, 0) is 13.3 Å². The lowest BCUT2D eigenvalue weighted by atomic mass is 10.3. The molecule has 0 aliphatic heterocycles. The molecule has 0 bridgehead atoms. The van der Waals surface area contributed by atoms with E-state index in [-0.39, 0.29) is 5.16 Å². The normalized spacial score (nSPS) is 14.2. The van der Waals surface area contributed by atoms with E-state index >= 15 is 0 Å². The molecule has 14 heavy (non-hydrogen) atoms. The lowest BCUT2D eigenvalue weighted by Crippen LogP contribution is -2.18. The summed E-state index contributed by atoms with van der Waals surface area (Å²) in [5, 5.41) is 8.87. The van der Waals surface area contributed by atoms with Crippen LogP contribution in [0.2, 0.25) is 0 Å². The number of aliphatic hydroxyl groups excluding tert-OH is 1. The molecule has 0 aromatic carbocycles. The number of hydrogen-bond donors (Lipinski definition) is 2. The molecule has 0 saturated heterocycles. The number of aromatic nitrogens is 2. The van der Waals surface area contributed by atoms with Gasteiger partial charge < -0.3 is 10.1 Å². The highest BCUT2D eigenvalue weighted by atomic mass is 32.2. The van der Waals surface area contributed by atoms with Crippen molar-refractivity contribution in [1.82, 2.24) is 9.97 Å². The lowest BCUT2D eigenvalue weighted by Gasteiger charge is -2.02. The van der Waals surface area contributed by atoms with Crippen LogP contribution < -0.4 is 0 Å². The molecule has 0 saturated carbocycles. The number of aromatic amines is 1. The molecule has 0 fully saturated rings. The van der Waals surface area contributed by atoms with Crippen molar-refractivity contribution in [3.05, 3.63) is 11.9 Å². The minimum absolute atomic E-state index is 0.157. The van der Waals surface area contributed by atoms with Crippen LogP contribution in [0.5, 0.6) is 0 Å². The zero-order chi connectivity index (χ0) is 10.8. The first kappa shape index (κ1) is 11.2. The van der Waals surface area contributed by atoms with E-state index in [1.54, 1.807) is 0 Å². The fourth-order valence-corrected chi connectivity index (χ4v) is 1.84. The summed E-state index contributed by atoms with van der Waals surface area (Å²) in [4.78, 5) is 6.40. The van der Waals surface area contributed by atoms with E-state index in [1.165, 1.54) is 13.1 Å². The second-order valence-corrected chi connectivity index (χ2v) is 5.27. The first-order chi connectivity index (χ1) is 6.48. The molecule has 0 spiro atoms. The van der Waals surface area contributed by atoms with Crippen molar-refractivity contribution in [2.45, 2.75) is 37.3 Å². The minimum Gasteiger partial charge on any atom is -0.377 e. The van der Waals surface area contributed by atoms with Gasteiger partial charge >= 0.3 is 0 Å². The van der Waals surface area contributed by atoms with Gasteiger partial charge in [0.2, 0.25) is 15.0 Å². The van der Waals surface area contributed by atoms with Gasteiger partial charge in [0.05, 0.1) is 0 Å². The summed E-state index contributed by atoms with van der Waals surface area (Å²) in [6.45, 7) is 3.20. The zero-order valence-corrected chi connectivity index (χ0v) is 9.00. The standard InChI is InChI=1S/C8H14N2O3S/c1-3-4-7-5-9-8(10-7)14(12,13)6(2)11/h5-6,11H,3-4H2,1-2H3,(H,9,10). The van der Waals surface area contributed by atoms with Crippen LogP contribution >= 0.6 is 0 Å². The van der Waals surface area contributed by atoms with Crippen molar-refractivity contribution >= 4 is 9.84 Å². The van der Waals surface area contributed by atoms with Gasteiger partial charge in [-0.3, -0.25) is 0 Å². The molecule has 5 nitrogen and oxygen atoms in total. The summed E-state index contributed by atoms with van der Waals surface area (Å²) in [6, 6.07) is 0. The molecule has 1 heterocycles. The molecule has 1 aromatic rings. The van der Waals surface area contributed by atoms with Crippen LogP contribution in [0.25, 0.3) is 0 Å². The number of nitrogens with zero attached hydrogens (tertiary/aromatic N) is 1. The van der Waals surface area contributed by atoms with Crippen molar-refractivity contribution in [3.8, 4) is 0 Å². The Bertz CT molecular complexity index is 394. The van der Waals surface area contributed by atoms with Gasteiger partial charge in [0, 0.05) is 11.9 Å². The van der Waals surface area contributed by atoms with Crippen LogP contribution in [0.1, 0.15) is 26.0 Å². The van der Waals surface area contributed by atoms with Gasteiger partial charge in [-0.15, -0.1) is 0 Å². The average Bonchev–Trinajstić information content (AvgIpc) is 2.53. The monoisotopic (exact) mass is 218 g/mol. The van der Waals surface area contributed by atoms with Gasteiger partial charge in [0.25, 0.3) is 0 Å². The Morgan fingerprint density at radius 2 is 2.29 bits per heavy atom. The fraction of sp³-hybridized carbons (Fsp3) is 0.625. The molecule has 0 aliphatic rings. The number of aliphatic hydroxyl groups is 1. The molecule has 0 aliphatic carbocycles. The van der Waals surface area contributed by atoms with Crippen LogP contribution in [0.4, 0.5) is 0 Å². The largest absolute Gasteiger partial charge is 0.377 e. The fourth-order valence-electron chi connectivity index (χ4n) is 1.04. The highest BCUT2D eigenvalue weighted by Gasteiger charge is 2.23. The van der Waals surface area contributed by atoms with Crippen molar-refractivity contribution in [3.63, 3.8) is 0 Å². The predicted octanol–water partition coefficient (Wildman–Crippen LogP) is 0.474. The predicted molar refractivity (Wildman–Crippen MR) is 51.4 cm³/mol. The maximum atomic E-state index is 11.4. The maximum absolute atomic E-state index is 11.4. The maximum Gasteiger partial charge on any atom is 0.237 e. The number of aryl methyl sites for hydroxylation is 1. The summed E-state index contributed by atoms with van der Waals surface area (Å²) >= 11 is 0. The van der Waals surface area contributed by atoms with E-state index in [0.717, 1.165) is 18.5 Å². The minimum atomic E-state index is -3.69. The Morgan fingerprint density at radius 1 is 1.64 bits per heavy atom. The Kier molecular flexibility index (Phi) is 3.28. The topological polar surface area (TPSA) is 83.1 Å². The molecule has 1 unspecified atom stereocenters. The van der Waals surface area contributed by atoms with E-state index in [0.29, 0.717) is 0 Å². The molecule has 0 amide bonds. The van der Waals surface area contributed by atoms with Crippen LogP contribution in [0.3, 0.4) is 0 Å². The van der Waals surface area contributed by atoms with Crippen LogP contribution in [0.15, 0.2) is 11.4 Å². The highest BCUT2D eigenvalue weighted by Crippen LogP contribution is 2.11. The molecule has 0 radical (unpaired) electrons. The van der Waals surface area contributed by atoms with Crippen LogP contribution in [-0.2, 0) is 16.3 Å². The van der Waals surface area contributed by atoms with E-state index in [4.69, 9.17) is 5.11 Å². The average molecular weight is 218 g/mol. The molecule has 1 atom stereocenters. The van der Waals surface area contributed by atoms with Gasteiger partial charge in [0.1, 0.15) is 0 Å². The van der Waals surface area contributed by atoms with E-state index in [9.17, 15) is 8.42 Å². The van der Waals surface area contributed by atoms with Gasteiger partial charge in [-0.1, -0.05) is 13.3 Å². The molecular formula is C8H14N2O3S. The second-order valence-electron chi connectivity index (χ2n) is 3.11. The SMILES string of the molecule is CCCc1cnc(S(=O)(=O)C(C)O)[nH]1. The summed E-state index contributed by atoms with van der Waals surface area (Å²) < 4.78 is 22.8. The van der Waals surface area contributed by atoms with Crippen LogP contribution in [0, 0.1) is 0 Å². The molecule has 80 valence electrons. The van der Waals surface area contributed by atoms with Crippen molar-refractivity contribution < 1.29 is 13.5 Å².